The number of benzene rings is 3. The summed E-state index contributed by atoms with van der Waals surface area (Å²) in [6, 6.07) is 33.0. The quantitative estimate of drug-likeness (QED) is 0.649. The number of nitriles is 1. The maximum atomic E-state index is 9.58. The number of piperidine rings is 1. The summed E-state index contributed by atoms with van der Waals surface area (Å²) in [6.45, 7) is 0.936. The zero-order chi connectivity index (χ0) is 19.6. The van der Waals surface area contributed by atoms with Gasteiger partial charge in [0.1, 0.15) is 0 Å². The van der Waals surface area contributed by atoms with Crippen LogP contribution in [0.2, 0.25) is 0 Å². The van der Waals surface area contributed by atoms with Crippen molar-refractivity contribution in [3.05, 3.63) is 102 Å². The molecule has 0 amide bonds. The van der Waals surface area contributed by atoms with Crippen LogP contribution in [0.25, 0.3) is 0 Å². The normalized spacial score (nSPS) is 26.0. The lowest BCUT2D eigenvalue weighted by molar-refractivity contribution is 0.0701. The maximum absolute atomic E-state index is 9.58. The fraction of sp³-hybridized carbons (Fsp3) is 0.269. The first-order valence-electron chi connectivity index (χ1n) is 10.5. The van der Waals surface area contributed by atoms with Crippen molar-refractivity contribution in [1.82, 2.24) is 4.90 Å². The van der Waals surface area contributed by atoms with E-state index in [9.17, 15) is 5.26 Å². The molecule has 5 rings (SSSR count). The van der Waals surface area contributed by atoms with Gasteiger partial charge in [-0.2, -0.15) is 5.26 Å². The Labute approximate surface area is 172 Å². The molecule has 2 heterocycles. The number of hydrogen-bond donors (Lipinski definition) is 1. The first-order chi connectivity index (χ1) is 14.3. The van der Waals surface area contributed by atoms with Crippen LogP contribution in [0.1, 0.15) is 41.5 Å². The summed E-state index contributed by atoms with van der Waals surface area (Å²) >= 11 is 0. The molecule has 3 aromatic rings. The Morgan fingerprint density at radius 3 is 2.21 bits per heavy atom. The summed E-state index contributed by atoms with van der Waals surface area (Å²) in [5.74, 6) is 0.373. The second kappa shape index (κ2) is 7.73. The molecule has 144 valence electrons. The van der Waals surface area contributed by atoms with Crippen molar-refractivity contribution in [2.24, 2.45) is 5.92 Å². The third-order valence-corrected chi connectivity index (χ3v) is 6.44. The van der Waals surface area contributed by atoms with Gasteiger partial charge in [0.05, 0.1) is 12.2 Å². The molecule has 1 N–H and O–H groups in total. The Bertz CT molecular complexity index is 1010. The fourth-order valence-electron chi connectivity index (χ4n) is 5.09. The molecular weight excluding hydrogens is 354 g/mol. The number of anilines is 1. The smallest absolute Gasteiger partial charge is 0.0909 e. The van der Waals surface area contributed by atoms with Crippen LogP contribution in [-0.4, -0.2) is 17.6 Å². The highest BCUT2D eigenvalue weighted by Gasteiger charge is 2.44. The van der Waals surface area contributed by atoms with E-state index in [2.05, 4.69) is 101 Å². The van der Waals surface area contributed by atoms with E-state index >= 15 is 0 Å². The predicted molar refractivity (Wildman–Crippen MR) is 116 cm³/mol. The maximum Gasteiger partial charge on any atom is 0.0909 e. The van der Waals surface area contributed by atoms with Crippen LogP contribution in [0.15, 0.2) is 84.9 Å². The van der Waals surface area contributed by atoms with Crippen molar-refractivity contribution >= 4 is 5.69 Å². The third kappa shape index (κ3) is 3.30. The molecule has 4 unspecified atom stereocenters. The van der Waals surface area contributed by atoms with Gasteiger partial charge in [0.15, 0.2) is 0 Å². The van der Waals surface area contributed by atoms with E-state index in [-0.39, 0.29) is 24.0 Å². The van der Waals surface area contributed by atoms with E-state index in [0.29, 0.717) is 0 Å². The molecule has 29 heavy (non-hydrogen) atoms. The summed E-state index contributed by atoms with van der Waals surface area (Å²) < 4.78 is 0. The Morgan fingerprint density at radius 1 is 0.828 bits per heavy atom. The van der Waals surface area contributed by atoms with Gasteiger partial charge in [0, 0.05) is 30.1 Å². The average Bonchev–Trinajstić information content (AvgIpc) is 2.80. The number of para-hydroxylation sites is 1. The van der Waals surface area contributed by atoms with Crippen LogP contribution in [-0.2, 0) is 0 Å². The monoisotopic (exact) mass is 379 g/mol. The van der Waals surface area contributed by atoms with E-state index < -0.39 is 0 Å². The van der Waals surface area contributed by atoms with E-state index in [4.69, 9.17) is 0 Å². The molecule has 2 aliphatic rings. The van der Waals surface area contributed by atoms with Gasteiger partial charge in [0.25, 0.3) is 0 Å². The van der Waals surface area contributed by atoms with Gasteiger partial charge in [-0.25, -0.2) is 0 Å². The molecule has 1 saturated heterocycles. The van der Waals surface area contributed by atoms with Crippen LogP contribution < -0.4 is 5.32 Å². The van der Waals surface area contributed by atoms with Gasteiger partial charge >= 0.3 is 0 Å². The minimum Gasteiger partial charge on any atom is -0.369 e. The van der Waals surface area contributed by atoms with Crippen molar-refractivity contribution in [2.75, 3.05) is 11.9 Å². The van der Waals surface area contributed by atoms with Crippen molar-refractivity contribution in [2.45, 2.75) is 31.0 Å². The summed E-state index contributed by atoms with van der Waals surface area (Å²) in [6.07, 6.45) is 1.99. The van der Waals surface area contributed by atoms with Crippen LogP contribution in [0.5, 0.6) is 0 Å². The molecule has 3 nitrogen and oxygen atoms in total. The predicted octanol–water partition coefficient (Wildman–Crippen LogP) is 5.55. The third-order valence-electron chi connectivity index (χ3n) is 6.44. The zero-order valence-corrected chi connectivity index (χ0v) is 16.4. The van der Waals surface area contributed by atoms with Crippen LogP contribution in [0.4, 0.5) is 5.69 Å². The molecule has 3 heteroatoms. The van der Waals surface area contributed by atoms with Gasteiger partial charge in [0.2, 0.25) is 0 Å². The number of nitrogens with zero attached hydrogens (tertiary/aromatic N) is 2. The van der Waals surface area contributed by atoms with Crippen LogP contribution >= 0.6 is 0 Å². The van der Waals surface area contributed by atoms with Gasteiger partial charge in [-0.05, 0) is 41.7 Å². The van der Waals surface area contributed by atoms with E-state index in [0.717, 1.165) is 25.1 Å². The molecular formula is C26H25N3. The Kier molecular flexibility index (Phi) is 4.79. The highest BCUT2D eigenvalue weighted by molar-refractivity contribution is 5.50. The number of nitrogens with one attached hydrogen (secondary N) is 1. The van der Waals surface area contributed by atoms with E-state index in [1.165, 1.54) is 16.7 Å². The topological polar surface area (TPSA) is 39.1 Å². The average molecular weight is 380 g/mol. The molecule has 0 saturated carbocycles. The molecule has 1 fully saturated rings. The van der Waals surface area contributed by atoms with E-state index in [1.54, 1.807) is 0 Å². The molecule has 0 aliphatic carbocycles. The number of rotatable bonds is 3. The Morgan fingerprint density at radius 2 is 1.48 bits per heavy atom. The van der Waals surface area contributed by atoms with Gasteiger partial charge in [-0.15, -0.1) is 0 Å². The first-order valence-corrected chi connectivity index (χ1v) is 10.5. The number of fused-ring (bicyclic) bond motifs is 3. The van der Waals surface area contributed by atoms with Crippen LogP contribution in [0, 0.1) is 17.2 Å². The minimum atomic E-state index is 0.134. The second-order valence-electron chi connectivity index (χ2n) is 8.08. The first kappa shape index (κ1) is 18.0. The van der Waals surface area contributed by atoms with Gasteiger partial charge < -0.3 is 5.32 Å². The Hall–Kier alpha value is -3.09. The minimum absolute atomic E-state index is 0.134. The molecule has 0 radical (unpaired) electrons. The Balaban J connectivity index is 1.64. The number of hydrogen-bond acceptors (Lipinski definition) is 3. The summed E-state index contributed by atoms with van der Waals surface area (Å²) in [5, 5.41) is 13.4. The molecule has 0 spiro atoms. The van der Waals surface area contributed by atoms with Gasteiger partial charge in [-0.3, -0.25) is 4.90 Å². The van der Waals surface area contributed by atoms with Crippen molar-refractivity contribution in [1.29, 1.82) is 5.26 Å². The summed E-state index contributed by atoms with van der Waals surface area (Å²) in [5.41, 5.74) is 5.23. The highest BCUT2D eigenvalue weighted by Crippen LogP contribution is 2.48. The molecule has 2 aliphatic heterocycles. The van der Waals surface area contributed by atoms with Crippen molar-refractivity contribution < 1.29 is 0 Å². The SMILES string of the molecule is N#CC1CCN2C(C1)c1ccccc1C(c1ccccc1)C2Nc1ccccc1. The van der Waals surface area contributed by atoms with Crippen molar-refractivity contribution in [3.8, 4) is 6.07 Å². The zero-order valence-electron chi connectivity index (χ0n) is 16.4. The van der Waals surface area contributed by atoms with Crippen LogP contribution in [0.3, 0.4) is 0 Å². The standard InChI is InChI=1S/C26H25N3/c27-18-19-15-16-29-24(17-19)22-13-7-8-14-23(22)25(20-9-3-1-4-10-20)26(29)28-21-11-5-2-6-12-21/h1-14,19,24-26,28H,15-17H2. The largest absolute Gasteiger partial charge is 0.369 e. The molecule has 0 bridgehead atoms. The lowest BCUT2D eigenvalue weighted by Crippen LogP contribution is -2.53. The molecule has 0 aromatic heterocycles. The molecule has 4 atom stereocenters. The van der Waals surface area contributed by atoms with Crippen molar-refractivity contribution in [3.63, 3.8) is 0 Å². The lowest BCUT2D eigenvalue weighted by Gasteiger charge is -2.51. The van der Waals surface area contributed by atoms with E-state index in [1.807, 2.05) is 0 Å². The second-order valence-corrected chi connectivity index (χ2v) is 8.08. The summed E-state index contributed by atoms with van der Waals surface area (Å²) in [4.78, 5) is 2.60. The van der Waals surface area contributed by atoms with Gasteiger partial charge in [-0.1, -0.05) is 72.8 Å². The lowest BCUT2D eigenvalue weighted by atomic mass is 9.75. The molecule has 3 aromatic carbocycles. The summed E-state index contributed by atoms with van der Waals surface area (Å²) in [7, 11) is 0. The highest BCUT2D eigenvalue weighted by atomic mass is 15.3. The fourth-order valence-corrected chi connectivity index (χ4v) is 5.09.